The van der Waals surface area contributed by atoms with Gasteiger partial charge in [0.1, 0.15) is 6.04 Å². The summed E-state index contributed by atoms with van der Waals surface area (Å²) in [4.78, 5) is 24.3. The van der Waals surface area contributed by atoms with Crippen LogP contribution in [0.2, 0.25) is 0 Å². The molecule has 0 aromatic heterocycles. The van der Waals surface area contributed by atoms with Crippen molar-refractivity contribution in [2.75, 3.05) is 0 Å². The molecule has 3 rings (SSSR count). The lowest BCUT2D eigenvalue weighted by Gasteiger charge is -2.31. The van der Waals surface area contributed by atoms with E-state index < -0.39 is 12.1 Å². The van der Waals surface area contributed by atoms with Crippen molar-refractivity contribution in [1.82, 2.24) is 10.6 Å². The van der Waals surface area contributed by atoms with Crippen molar-refractivity contribution >= 4 is 11.8 Å². The van der Waals surface area contributed by atoms with Gasteiger partial charge in [-0.15, -0.1) is 0 Å². The van der Waals surface area contributed by atoms with Crippen LogP contribution in [0.15, 0.2) is 0 Å². The van der Waals surface area contributed by atoms with Gasteiger partial charge in [0.25, 0.3) is 0 Å². The summed E-state index contributed by atoms with van der Waals surface area (Å²) in [6.45, 7) is 1.56. The fraction of sp³-hybridized carbons (Fsp3) is 0.882. The first-order valence-electron chi connectivity index (χ1n) is 8.83. The van der Waals surface area contributed by atoms with Gasteiger partial charge in [-0.25, -0.2) is 0 Å². The van der Waals surface area contributed by atoms with Gasteiger partial charge in [0.2, 0.25) is 11.8 Å². The van der Waals surface area contributed by atoms with Gasteiger partial charge in [-0.3, -0.25) is 9.59 Å². The highest BCUT2D eigenvalue weighted by molar-refractivity contribution is 5.89. The summed E-state index contributed by atoms with van der Waals surface area (Å²) >= 11 is 0. The van der Waals surface area contributed by atoms with Gasteiger partial charge in [0.15, 0.2) is 0 Å². The molecule has 22 heavy (non-hydrogen) atoms. The van der Waals surface area contributed by atoms with Gasteiger partial charge in [-0.2, -0.15) is 0 Å². The maximum absolute atomic E-state index is 12.4. The molecule has 0 aromatic rings. The van der Waals surface area contributed by atoms with Crippen molar-refractivity contribution < 1.29 is 14.7 Å². The molecule has 2 amide bonds. The Bertz CT molecular complexity index is 430. The van der Waals surface area contributed by atoms with Crippen LogP contribution < -0.4 is 10.6 Å². The molecule has 5 heteroatoms. The predicted octanol–water partition coefficient (Wildman–Crippen LogP) is 1.35. The van der Waals surface area contributed by atoms with Crippen LogP contribution in [-0.4, -0.2) is 35.1 Å². The smallest absolute Gasteiger partial charge is 0.245 e. The highest BCUT2D eigenvalue weighted by atomic mass is 16.3. The van der Waals surface area contributed by atoms with E-state index in [1.54, 1.807) is 6.92 Å². The fourth-order valence-corrected chi connectivity index (χ4v) is 3.67. The number of hydrogen-bond donors (Lipinski definition) is 3. The zero-order chi connectivity index (χ0) is 15.7. The molecule has 0 aromatic carbocycles. The minimum absolute atomic E-state index is 0.0444. The van der Waals surface area contributed by atoms with Gasteiger partial charge in [-0.1, -0.05) is 12.8 Å². The van der Waals surface area contributed by atoms with Crippen molar-refractivity contribution in [3.05, 3.63) is 0 Å². The van der Waals surface area contributed by atoms with E-state index in [4.69, 9.17) is 0 Å². The van der Waals surface area contributed by atoms with Crippen LogP contribution >= 0.6 is 0 Å². The average molecular weight is 308 g/mol. The van der Waals surface area contributed by atoms with E-state index in [0.29, 0.717) is 0 Å². The van der Waals surface area contributed by atoms with E-state index in [1.807, 2.05) is 0 Å². The van der Waals surface area contributed by atoms with Gasteiger partial charge < -0.3 is 15.7 Å². The second-order valence-corrected chi connectivity index (χ2v) is 7.47. The summed E-state index contributed by atoms with van der Waals surface area (Å²) in [5.74, 6) is 1.35. The zero-order valence-corrected chi connectivity index (χ0v) is 13.4. The molecule has 0 bridgehead atoms. The third kappa shape index (κ3) is 4.00. The molecule has 0 heterocycles. The molecule has 4 atom stereocenters. The predicted molar refractivity (Wildman–Crippen MR) is 82.9 cm³/mol. The molecule has 0 aliphatic heterocycles. The monoisotopic (exact) mass is 308 g/mol. The van der Waals surface area contributed by atoms with E-state index in [0.717, 1.165) is 37.5 Å². The van der Waals surface area contributed by atoms with E-state index in [-0.39, 0.29) is 23.8 Å². The Morgan fingerprint density at radius 2 is 1.77 bits per heavy atom. The Balaban J connectivity index is 1.52. The molecule has 0 spiro atoms. The topological polar surface area (TPSA) is 78.4 Å². The molecule has 0 radical (unpaired) electrons. The molecular formula is C17H28N2O3. The van der Waals surface area contributed by atoms with E-state index in [9.17, 15) is 14.7 Å². The van der Waals surface area contributed by atoms with Crippen molar-refractivity contribution in [2.24, 2.45) is 17.8 Å². The van der Waals surface area contributed by atoms with Gasteiger partial charge in [-0.05, 0) is 57.3 Å². The van der Waals surface area contributed by atoms with E-state index >= 15 is 0 Å². The SMILES string of the molecule is C[C@H](O)[C@H](NC(=O)C1CC1)C(=O)N[C@H]1CCC[C@@H](C2CC2)C1. The second-order valence-electron chi connectivity index (χ2n) is 7.47. The lowest BCUT2D eigenvalue weighted by Crippen LogP contribution is -2.55. The first kappa shape index (κ1) is 15.8. The Morgan fingerprint density at radius 3 is 2.36 bits per heavy atom. The molecule has 0 unspecified atom stereocenters. The summed E-state index contributed by atoms with van der Waals surface area (Å²) in [6, 6.07) is -0.625. The maximum atomic E-state index is 12.4. The summed E-state index contributed by atoms with van der Waals surface area (Å²) < 4.78 is 0. The van der Waals surface area contributed by atoms with Crippen molar-refractivity contribution in [3.8, 4) is 0 Å². The lowest BCUT2D eigenvalue weighted by atomic mass is 9.82. The van der Waals surface area contributed by atoms with Crippen LogP contribution in [-0.2, 0) is 9.59 Å². The van der Waals surface area contributed by atoms with Crippen LogP contribution in [0, 0.1) is 17.8 Å². The standard InChI is InChI=1S/C17H28N2O3/c1-10(20)15(19-16(21)12-7-8-12)17(22)18-14-4-2-3-13(9-14)11-5-6-11/h10-15,20H,2-9H2,1H3,(H,18,22)(H,19,21)/t10-,13+,14-,15-/m0/s1. The van der Waals surface area contributed by atoms with Crippen LogP contribution in [0.3, 0.4) is 0 Å². The van der Waals surface area contributed by atoms with Crippen molar-refractivity contribution in [1.29, 1.82) is 0 Å². The zero-order valence-electron chi connectivity index (χ0n) is 13.4. The van der Waals surface area contributed by atoms with Crippen LogP contribution in [0.5, 0.6) is 0 Å². The average Bonchev–Trinajstić information content (AvgIpc) is 3.37. The third-order valence-corrected chi connectivity index (χ3v) is 5.36. The molecular weight excluding hydrogens is 280 g/mol. The Hall–Kier alpha value is -1.10. The molecule has 5 nitrogen and oxygen atoms in total. The number of nitrogens with one attached hydrogen (secondary N) is 2. The maximum Gasteiger partial charge on any atom is 0.245 e. The van der Waals surface area contributed by atoms with Crippen LogP contribution in [0.25, 0.3) is 0 Å². The third-order valence-electron chi connectivity index (χ3n) is 5.36. The van der Waals surface area contributed by atoms with Crippen molar-refractivity contribution in [2.45, 2.75) is 76.5 Å². The summed E-state index contributed by atoms with van der Waals surface area (Å²) in [5, 5.41) is 15.6. The minimum atomic E-state index is -0.870. The number of carbonyl (C=O) groups excluding carboxylic acids is 2. The molecule has 3 aliphatic rings. The molecule has 3 aliphatic carbocycles. The van der Waals surface area contributed by atoms with Gasteiger partial charge >= 0.3 is 0 Å². The van der Waals surface area contributed by atoms with Gasteiger partial charge in [0, 0.05) is 12.0 Å². The lowest BCUT2D eigenvalue weighted by molar-refractivity contribution is -0.132. The number of amides is 2. The first-order chi connectivity index (χ1) is 10.5. The Morgan fingerprint density at radius 1 is 1.05 bits per heavy atom. The van der Waals surface area contributed by atoms with Crippen LogP contribution in [0.1, 0.15) is 58.3 Å². The molecule has 3 saturated carbocycles. The fourth-order valence-electron chi connectivity index (χ4n) is 3.67. The molecule has 0 saturated heterocycles. The Labute approximate surface area is 132 Å². The largest absolute Gasteiger partial charge is 0.391 e. The minimum Gasteiger partial charge on any atom is -0.391 e. The summed E-state index contributed by atoms with van der Waals surface area (Å²) in [6.07, 6.45) is 8.13. The highest BCUT2D eigenvalue weighted by Crippen LogP contribution is 2.43. The van der Waals surface area contributed by atoms with Crippen molar-refractivity contribution in [3.63, 3.8) is 0 Å². The van der Waals surface area contributed by atoms with E-state index in [2.05, 4.69) is 10.6 Å². The molecule has 3 fully saturated rings. The summed E-state index contributed by atoms with van der Waals surface area (Å²) in [7, 11) is 0. The summed E-state index contributed by atoms with van der Waals surface area (Å²) in [5.41, 5.74) is 0. The number of carbonyl (C=O) groups is 2. The molecule has 124 valence electrons. The Kier molecular flexibility index (Phi) is 4.71. The molecule has 3 N–H and O–H groups in total. The van der Waals surface area contributed by atoms with E-state index in [1.165, 1.54) is 25.7 Å². The second kappa shape index (κ2) is 6.57. The number of rotatable bonds is 6. The quantitative estimate of drug-likeness (QED) is 0.693. The number of aliphatic hydroxyl groups is 1. The van der Waals surface area contributed by atoms with Gasteiger partial charge in [0.05, 0.1) is 6.10 Å². The number of hydrogen-bond acceptors (Lipinski definition) is 3. The highest BCUT2D eigenvalue weighted by Gasteiger charge is 2.37. The normalized spacial score (nSPS) is 31.2. The van der Waals surface area contributed by atoms with Crippen LogP contribution in [0.4, 0.5) is 0 Å². The first-order valence-corrected chi connectivity index (χ1v) is 8.83. The number of aliphatic hydroxyl groups excluding tert-OH is 1.